The van der Waals surface area contributed by atoms with Crippen molar-refractivity contribution in [3.63, 3.8) is 0 Å². The standard InChI is InChI=1S/C24H26N2O2S2/c1-30(2,28)23-8-4-7-21-20(23)12-22(29-21)24(27)26-14-17-10-18(26)11-19(17)16-6-3-5-15(9-16)13-25/h3-9,12,14,18-19,30H,10-11,13,25H2,1-2H3. The molecule has 2 unspecified atom stereocenters. The maximum absolute atomic E-state index is 13.3. The van der Waals surface area contributed by atoms with Crippen LogP contribution < -0.4 is 5.73 Å². The molecule has 1 fully saturated rings. The summed E-state index contributed by atoms with van der Waals surface area (Å²) in [7, 11) is -2.40. The maximum atomic E-state index is 13.3. The van der Waals surface area contributed by atoms with E-state index >= 15 is 0 Å². The van der Waals surface area contributed by atoms with E-state index in [9.17, 15) is 9.00 Å². The highest BCUT2D eigenvalue weighted by atomic mass is 32.2. The lowest BCUT2D eigenvalue weighted by atomic mass is 9.91. The first-order chi connectivity index (χ1) is 14.3. The molecular weight excluding hydrogens is 412 g/mol. The van der Waals surface area contributed by atoms with Gasteiger partial charge in [0.1, 0.15) is 0 Å². The highest BCUT2D eigenvalue weighted by Gasteiger charge is 2.41. The van der Waals surface area contributed by atoms with E-state index in [0.29, 0.717) is 12.5 Å². The van der Waals surface area contributed by atoms with Gasteiger partial charge in [0.25, 0.3) is 5.91 Å². The van der Waals surface area contributed by atoms with Crippen LogP contribution in [0.15, 0.2) is 65.2 Å². The van der Waals surface area contributed by atoms with Gasteiger partial charge in [0.2, 0.25) is 0 Å². The molecule has 1 saturated carbocycles. The molecule has 2 heterocycles. The highest BCUT2D eigenvalue weighted by Crippen LogP contribution is 2.47. The third kappa shape index (κ3) is 3.23. The summed E-state index contributed by atoms with van der Waals surface area (Å²) in [5, 5.41) is 0.952. The van der Waals surface area contributed by atoms with E-state index in [0.717, 1.165) is 38.3 Å². The van der Waals surface area contributed by atoms with E-state index in [1.54, 1.807) is 12.5 Å². The second kappa shape index (κ2) is 7.15. The van der Waals surface area contributed by atoms with E-state index in [4.69, 9.17) is 5.73 Å². The summed E-state index contributed by atoms with van der Waals surface area (Å²) >= 11 is 1.50. The molecule has 3 aromatic rings. The number of thiol groups is 1. The molecule has 0 saturated heterocycles. The lowest BCUT2D eigenvalue weighted by Gasteiger charge is -2.26. The van der Waals surface area contributed by atoms with Crippen molar-refractivity contribution in [1.82, 2.24) is 4.90 Å². The van der Waals surface area contributed by atoms with Crippen molar-refractivity contribution in [2.45, 2.75) is 36.2 Å². The number of thiophene rings is 1. The first kappa shape index (κ1) is 19.7. The van der Waals surface area contributed by atoms with Crippen molar-refractivity contribution in [2.75, 3.05) is 12.5 Å². The van der Waals surface area contributed by atoms with Crippen LogP contribution in [0.4, 0.5) is 0 Å². The first-order valence-electron chi connectivity index (χ1n) is 10.3. The molecule has 156 valence electrons. The maximum Gasteiger partial charge on any atom is 0.268 e. The number of rotatable bonds is 4. The minimum absolute atomic E-state index is 0.0540. The molecule has 2 atom stereocenters. The summed E-state index contributed by atoms with van der Waals surface area (Å²) in [5.74, 6) is 0.434. The topological polar surface area (TPSA) is 63.4 Å². The third-order valence-corrected chi connectivity index (χ3v) is 8.92. The Morgan fingerprint density at radius 3 is 2.70 bits per heavy atom. The van der Waals surface area contributed by atoms with Gasteiger partial charge in [-0.05, 0) is 60.3 Å². The Morgan fingerprint density at radius 1 is 1.20 bits per heavy atom. The molecule has 30 heavy (non-hydrogen) atoms. The van der Waals surface area contributed by atoms with Crippen LogP contribution in [0.1, 0.15) is 39.6 Å². The van der Waals surface area contributed by atoms with Gasteiger partial charge in [-0.2, -0.15) is 0 Å². The van der Waals surface area contributed by atoms with Crippen LogP contribution in [-0.2, 0) is 16.5 Å². The van der Waals surface area contributed by atoms with Crippen molar-refractivity contribution in [1.29, 1.82) is 0 Å². The molecule has 2 aromatic carbocycles. The predicted molar refractivity (Wildman–Crippen MR) is 126 cm³/mol. The number of benzene rings is 2. The Bertz CT molecular complexity index is 1240. The van der Waals surface area contributed by atoms with E-state index in [2.05, 4.69) is 30.5 Å². The van der Waals surface area contributed by atoms with E-state index in [1.807, 2.05) is 29.2 Å². The van der Waals surface area contributed by atoms with E-state index < -0.39 is 9.93 Å². The van der Waals surface area contributed by atoms with Crippen LogP contribution in [0.3, 0.4) is 0 Å². The van der Waals surface area contributed by atoms with Gasteiger partial charge in [-0.15, -0.1) is 11.3 Å². The molecule has 1 aliphatic heterocycles. The molecule has 1 amide bonds. The summed E-state index contributed by atoms with van der Waals surface area (Å²) in [6.07, 6.45) is 7.53. The summed E-state index contributed by atoms with van der Waals surface area (Å²) in [6.45, 7) is 0.546. The quantitative estimate of drug-likeness (QED) is 0.598. The van der Waals surface area contributed by atoms with Crippen molar-refractivity contribution < 1.29 is 9.00 Å². The van der Waals surface area contributed by atoms with Crippen LogP contribution in [0.25, 0.3) is 10.1 Å². The lowest BCUT2D eigenvalue weighted by molar-refractivity contribution is 0.0783. The fourth-order valence-corrected chi connectivity index (χ4v) is 7.14. The van der Waals surface area contributed by atoms with E-state index in [1.165, 1.54) is 22.5 Å². The molecule has 6 heteroatoms. The molecule has 1 aliphatic carbocycles. The molecule has 2 bridgehead atoms. The molecule has 0 radical (unpaired) electrons. The molecule has 4 nitrogen and oxygen atoms in total. The second-order valence-corrected chi connectivity index (χ2v) is 12.9. The number of carbonyl (C=O) groups excluding carboxylic acids is 1. The minimum Gasteiger partial charge on any atom is -0.326 e. The zero-order chi connectivity index (χ0) is 21.0. The number of carbonyl (C=O) groups is 1. The number of amides is 1. The van der Waals surface area contributed by atoms with Gasteiger partial charge in [-0.25, -0.2) is 0 Å². The zero-order valence-electron chi connectivity index (χ0n) is 17.2. The van der Waals surface area contributed by atoms with Gasteiger partial charge in [-0.3, -0.25) is 9.00 Å². The summed E-state index contributed by atoms with van der Waals surface area (Å²) in [6, 6.07) is 16.5. The van der Waals surface area contributed by atoms with Crippen LogP contribution in [0.5, 0.6) is 0 Å². The Kier molecular flexibility index (Phi) is 4.69. The predicted octanol–water partition coefficient (Wildman–Crippen LogP) is 4.28. The van der Waals surface area contributed by atoms with Crippen molar-refractivity contribution in [3.05, 3.63) is 76.3 Å². The van der Waals surface area contributed by atoms with Gasteiger partial charge in [-0.1, -0.05) is 40.3 Å². The van der Waals surface area contributed by atoms with Crippen LogP contribution in [0.2, 0.25) is 0 Å². The Hall–Kier alpha value is -2.28. The fraction of sp³-hybridized carbons (Fsp3) is 0.292. The summed E-state index contributed by atoms with van der Waals surface area (Å²) in [5.41, 5.74) is 9.58. The van der Waals surface area contributed by atoms with Gasteiger partial charge in [0.05, 0.1) is 4.88 Å². The van der Waals surface area contributed by atoms with Crippen LogP contribution in [-0.4, -0.2) is 33.6 Å². The average molecular weight is 439 g/mol. The molecule has 5 rings (SSSR count). The largest absolute Gasteiger partial charge is 0.326 e. The Balaban J connectivity index is 1.44. The normalized spacial score (nSPS) is 21.3. The number of nitrogens with two attached hydrogens (primary N) is 1. The average Bonchev–Trinajstić information content (AvgIpc) is 3.45. The zero-order valence-corrected chi connectivity index (χ0v) is 18.9. The number of hydrogen-bond acceptors (Lipinski definition) is 4. The van der Waals surface area contributed by atoms with Gasteiger partial charge < -0.3 is 10.6 Å². The number of hydrogen-bond donors (Lipinski definition) is 2. The summed E-state index contributed by atoms with van der Waals surface area (Å²) < 4.78 is 13.7. The summed E-state index contributed by atoms with van der Waals surface area (Å²) in [4.78, 5) is 16.8. The lowest BCUT2D eigenvalue weighted by Crippen LogP contribution is -2.33. The van der Waals surface area contributed by atoms with Crippen molar-refractivity contribution >= 4 is 37.3 Å². The molecule has 0 spiro atoms. The fourth-order valence-electron chi connectivity index (χ4n) is 4.82. The van der Waals surface area contributed by atoms with Crippen molar-refractivity contribution in [2.24, 2.45) is 5.73 Å². The number of fused-ring (bicyclic) bond motifs is 3. The van der Waals surface area contributed by atoms with Gasteiger partial charge in [0.15, 0.2) is 0 Å². The Morgan fingerprint density at radius 2 is 2.00 bits per heavy atom. The number of nitrogens with zero attached hydrogens (tertiary/aromatic N) is 1. The van der Waals surface area contributed by atoms with Crippen LogP contribution in [0, 0.1) is 0 Å². The molecule has 2 N–H and O–H groups in total. The van der Waals surface area contributed by atoms with Gasteiger partial charge >= 0.3 is 0 Å². The van der Waals surface area contributed by atoms with Gasteiger partial charge in [0, 0.05) is 39.7 Å². The van der Waals surface area contributed by atoms with Crippen molar-refractivity contribution in [3.8, 4) is 0 Å². The third-order valence-electron chi connectivity index (χ3n) is 6.28. The minimum atomic E-state index is -2.40. The smallest absolute Gasteiger partial charge is 0.268 e. The molecule has 1 aromatic heterocycles. The van der Waals surface area contributed by atoms with E-state index in [-0.39, 0.29) is 11.9 Å². The SMILES string of the molecule is C[SH](C)(=O)c1cccc2sc(C(=O)N3C=C4CC3CC4c3cccc(CN)c3)cc12. The first-order valence-corrected chi connectivity index (χ1v) is 13.7. The second-order valence-electron chi connectivity index (χ2n) is 8.66. The molecular formula is C24H26N2O2S2. The highest BCUT2D eigenvalue weighted by molar-refractivity contribution is 8.02. The Labute approximate surface area is 181 Å². The molecule has 2 aliphatic rings. The van der Waals surface area contributed by atoms with Crippen LogP contribution >= 0.6 is 11.3 Å². The monoisotopic (exact) mass is 438 g/mol.